The average molecular weight is 295 g/mol. The van der Waals surface area contributed by atoms with Crippen molar-refractivity contribution in [3.8, 4) is 0 Å². The van der Waals surface area contributed by atoms with Crippen LogP contribution in [0.1, 0.15) is 26.7 Å². The number of aliphatic carboxylic acids is 1. The van der Waals surface area contributed by atoms with Crippen LogP contribution in [0.4, 0.5) is 0 Å². The molecular formula is C11H21NO6S. The summed E-state index contributed by atoms with van der Waals surface area (Å²) < 4.78 is 27.7. The molecule has 1 amide bonds. The van der Waals surface area contributed by atoms with Gasteiger partial charge >= 0.3 is 5.97 Å². The molecule has 0 fully saturated rings. The lowest BCUT2D eigenvalue weighted by atomic mass is 10.2. The third-order valence-electron chi connectivity index (χ3n) is 2.24. The number of carboxylic acid groups (broad SMARTS) is 1. The van der Waals surface area contributed by atoms with Crippen LogP contribution in [0.2, 0.25) is 0 Å². The van der Waals surface area contributed by atoms with Gasteiger partial charge in [-0.3, -0.25) is 13.8 Å². The number of carbonyl (C=O) groups excluding carboxylic acids is 1. The second-order valence-corrected chi connectivity index (χ2v) is 6.41. The van der Waals surface area contributed by atoms with Gasteiger partial charge in [0, 0.05) is 20.0 Å². The Morgan fingerprint density at radius 2 is 1.84 bits per heavy atom. The molecule has 0 heterocycles. The molecule has 1 N–H and O–H groups in total. The normalized spacial score (nSPS) is 11.6. The van der Waals surface area contributed by atoms with Crippen LogP contribution in [-0.4, -0.2) is 56.3 Å². The van der Waals surface area contributed by atoms with Gasteiger partial charge in [0.15, 0.2) is 0 Å². The third-order valence-corrected chi connectivity index (χ3v) is 3.41. The Kier molecular flexibility index (Phi) is 7.62. The Hall–Kier alpha value is -1.15. The first-order chi connectivity index (χ1) is 8.64. The average Bonchev–Trinajstić information content (AvgIpc) is 2.30. The summed E-state index contributed by atoms with van der Waals surface area (Å²) >= 11 is 0. The quantitative estimate of drug-likeness (QED) is 0.614. The SMILES string of the molecule is CC(C)COS(=O)(=O)CCN(C)C(=O)CCC(=O)O. The summed E-state index contributed by atoms with van der Waals surface area (Å²) in [6, 6.07) is 0. The van der Waals surface area contributed by atoms with E-state index >= 15 is 0 Å². The van der Waals surface area contributed by atoms with Crippen LogP contribution in [0.3, 0.4) is 0 Å². The van der Waals surface area contributed by atoms with Crippen molar-refractivity contribution in [1.82, 2.24) is 4.90 Å². The maximum absolute atomic E-state index is 11.5. The van der Waals surface area contributed by atoms with Crippen LogP contribution in [0.5, 0.6) is 0 Å². The van der Waals surface area contributed by atoms with Gasteiger partial charge < -0.3 is 10.0 Å². The van der Waals surface area contributed by atoms with E-state index in [1.807, 2.05) is 13.8 Å². The van der Waals surface area contributed by atoms with Gasteiger partial charge in [0.1, 0.15) is 0 Å². The van der Waals surface area contributed by atoms with E-state index in [0.717, 1.165) is 0 Å². The highest BCUT2D eigenvalue weighted by atomic mass is 32.2. The zero-order chi connectivity index (χ0) is 15.1. The molecule has 0 spiro atoms. The van der Waals surface area contributed by atoms with E-state index < -0.39 is 22.0 Å². The Labute approximate surface area is 113 Å². The van der Waals surface area contributed by atoms with Crippen molar-refractivity contribution in [2.24, 2.45) is 5.92 Å². The minimum atomic E-state index is -3.65. The predicted molar refractivity (Wildman–Crippen MR) is 69.1 cm³/mol. The standard InChI is InChI=1S/C11H21NO6S/c1-9(2)8-18-19(16,17)7-6-12(3)10(13)4-5-11(14)15/h9H,4-8H2,1-3H3,(H,14,15). The minimum Gasteiger partial charge on any atom is -0.481 e. The molecule has 0 saturated carbocycles. The van der Waals surface area contributed by atoms with Crippen LogP contribution >= 0.6 is 0 Å². The number of nitrogens with zero attached hydrogens (tertiary/aromatic N) is 1. The smallest absolute Gasteiger partial charge is 0.303 e. The second kappa shape index (κ2) is 8.11. The van der Waals surface area contributed by atoms with E-state index in [1.54, 1.807) is 0 Å². The van der Waals surface area contributed by atoms with Gasteiger partial charge in [-0.1, -0.05) is 13.8 Å². The van der Waals surface area contributed by atoms with Crippen molar-refractivity contribution < 1.29 is 27.3 Å². The van der Waals surface area contributed by atoms with E-state index in [4.69, 9.17) is 9.29 Å². The summed E-state index contributed by atoms with van der Waals surface area (Å²) in [5.74, 6) is -1.66. The molecule has 7 nitrogen and oxygen atoms in total. The summed E-state index contributed by atoms with van der Waals surface area (Å²) in [6.45, 7) is 3.76. The number of carbonyl (C=O) groups is 2. The Morgan fingerprint density at radius 1 is 1.26 bits per heavy atom. The molecule has 0 aliphatic carbocycles. The van der Waals surface area contributed by atoms with Crippen LogP contribution in [-0.2, 0) is 23.9 Å². The molecule has 0 aromatic rings. The molecule has 0 aromatic carbocycles. The summed E-state index contributed by atoms with van der Waals surface area (Å²) in [7, 11) is -2.21. The van der Waals surface area contributed by atoms with E-state index in [9.17, 15) is 18.0 Å². The fraction of sp³-hybridized carbons (Fsp3) is 0.818. The lowest BCUT2D eigenvalue weighted by molar-refractivity contribution is -0.140. The molecule has 19 heavy (non-hydrogen) atoms. The highest BCUT2D eigenvalue weighted by Crippen LogP contribution is 2.02. The van der Waals surface area contributed by atoms with E-state index in [-0.39, 0.29) is 37.7 Å². The maximum Gasteiger partial charge on any atom is 0.303 e. The molecule has 0 aliphatic heterocycles. The van der Waals surface area contributed by atoms with Gasteiger partial charge in [0.05, 0.1) is 18.8 Å². The summed E-state index contributed by atoms with van der Waals surface area (Å²) in [4.78, 5) is 23.0. The summed E-state index contributed by atoms with van der Waals surface area (Å²) in [6.07, 6.45) is -0.404. The van der Waals surface area contributed by atoms with Crippen molar-refractivity contribution in [2.45, 2.75) is 26.7 Å². The molecule has 0 aromatic heterocycles. The Morgan fingerprint density at radius 3 is 2.32 bits per heavy atom. The molecule has 0 atom stereocenters. The fourth-order valence-corrected chi connectivity index (χ4v) is 2.17. The molecule has 0 saturated heterocycles. The number of rotatable bonds is 9. The van der Waals surface area contributed by atoms with Gasteiger partial charge in [-0.2, -0.15) is 8.42 Å². The fourth-order valence-electron chi connectivity index (χ4n) is 1.08. The highest BCUT2D eigenvalue weighted by molar-refractivity contribution is 7.86. The highest BCUT2D eigenvalue weighted by Gasteiger charge is 2.16. The van der Waals surface area contributed by atoms with Gasteiger partial charge in [-0.15, -0.1) is 0 Å². The van der Waals surface area contributed by atoms with Gasteiger partial charge in [0.25, 0.3) is 10.1 Å². The summed E-state index contributed by atoms with van der Waals surface area (Å²) in [5.41, 5.74) is 0. The first-order valence-electron chi connectivity index (χ1n) is 5.97. The molecule has 0 rings (SSSR count). The minimum absolute atomic E-state index is 0.0150. The summed E-state index contributed by atoms with van der Waals surface area (Å²) in [5, 5.41) is 8.44. The molecule has 0 unspecified atom stereocenters. The van der Waals surface area contributed by atoms with Gasteiger partial charge in [0.2, 0.25) is 5.91 Å². The number of hydrogen-bond donors (Lipinski definition) is 1. The predicted octanol–water partition coefficient (Wildman–Crippen LogP) is 0.312. The van der Waals surface area contributed by atoms with Crippen LogP contribution in [0.15, 0.2) is 0 Å². The van der Waals surface area contributed by atoms with Crippen molar-refractivity contribution >= 4 is 22.0 Å². The number of hydrogen-bond acceptors (Lipinski definition) is 5. The zero-order valence-electron chi connectivity index (χ0n) is 11.5. The molecule has 112 valence electrons. The first kappa shape index (κ1) is 17.8. The lowest BCUT2D eigenvalue weighted by Crippen LogP contribution is -2.32. The topological polar surface area (TPSA) is 101 Å². The Balaban J connectivity index is 4.10. The van der Waals surface area contributed by atoms with E-state index in [1.165, 1.54) is 11.9 Å². The Bertz CT molecular complexity index is 403. The van der Waals surface area contributed by atoms with E-state index in [2.05, 4.69) is 0 Å². The van der Waals surface area contributed by atoms with Crippen molar-refractivity contribution in [2.75, 3.05) is 26.0 Å². The molecule has 0 radical (unpaired) electrons. The zero-order valence-corrected chi connectivity index (χ0v) is 12.3. The molecular weight excluding hydrogens is 274 g/mol. The molecule has 8 heteroatoms. The molecule has 0 bridgehead atoms. The van der Waals surface area contributed by atoms with Crippen molar-refractivity contribution in [3.63, 3.8) is 0 Å². The van der Waals surface area contributed by atoms with Gasteiger partial charge in [-0.05, 0) is 5.92 Å². The van der Waals surface area contributed by atoms with E-state index in [0.29, 0.717) is 0 Å². The van der Waals surface area contributed by atoms with Gasteiger partial charge in [-0.25, -0.2) is 0 Å². The monoisotopic (exact) mass is 295 g/mol. The first-order valence-corrected chi connectivity index (χ1v) is 7.54. The maximum atomic E-state index is 11.5. The lowest BCUT2D eigenvalue weighted by Gasteiger charge is -2.16. The third kappa shape index (κ3) is 9.43. The number of amides is 1. The largest absolute Gasteiger partial charge is 0.481 e. The van der Waals surface area contributed by atoms with Crippen molar-refractivity contribution in [3.05, 3.63) is 0 Å². The van der Waals surface area contributed by atoms with Crippen LogP contribution in [0.25, 0.3) is 0 Å². The number of carboxylic acids is 1. The van der Waals surface area contributed by atoms with Crippen LogP contribution < -0.4 is 0 Å². The van der Waals surface area contributed by atoms with Crippen LogP contribution in [0, 0.1) is 5.92 Å². The second-order valence-electron chi connectivity index (χ2n) is 4.65. The molecule has 0 aliphatic rings. The van der Waals surface area contributed by atoms with Crippen molar-refractivity contribution in [1.29, 1.82) is 0 Å².